The van der Waals surface area contributed by atoms with Crippen LogP contribution < -0.4 is 9.47 Å². The molecule has 1 aromatic heterocycles. The van der Waals surface area contributed by atoms with Crippen LogP contribution in [0.3, 0.4) is 0 Å². The van der Waals surface area contributed by atoms with E-state index in [0.717, 1.165) is 6.26 Å². The average molecular weight is 340 g/mol. The van der Waals surface area contributed by atoms with Crippen LogP contribution in [0.4, 0.5) is 0 Å². The van der Waals surface area contributed by atoms with Gasteiger partial charge < -0.3 is 14.6 Å². The number of aromatic carboxylic acids is 1. The quantitative estimate of drug-likeness (QED) is 0.871. The van der Waals surface area contributed by atoms with Crippen molar-refractivity contribution in [2.45, 2.75) is 4.90 Å². The summed E-state index contributed by atoms with van der Waals surface area (Å²) in [6.45, 7) is 0. The topological polar surface area (TPSA) is 108 Å². The number of hydrogen-bond acceptors (Lipinski definition) is 6. The Kier molecular flexibility index (Phi) is 4.33. The van der Waals surface area contributed by atoms with E-state index in [0.29, 0.717) is 17.0 Å². The van der Waals surface area contributed by atoms with Crippen molar-refractivity contribution >= 4 is 15.8 Å². The van der Waals surface area contributed by atoms with E-state index in [4.69, 9.17) is 14.6 Å². The third kappa shape index (κ3) is 3.14. The monoisotopic (exact) mass is 340 g/mol. The van der Waals surface area contributed by atoms with Crippen molar-refractivity contribution in [2.75, 3.05) is 20.5 Å². The summed E-state index contributed by atoms with van der Waals surface area (Å²) in [5.74, 6) is -0.774. The molecule has 0 unspecified atom stereocenters. The second-order valence-electron chi connectivity index (χ2n) is 4.82. The van der Waals surface area contributed by atoms with Crippen molar-refractivity contribution < 1.29 is 27.8 Å². The number of benzene rings is 1. The molecular formula is C14H16N2O6S. The van der Waals surface area contributed by atoms with Gasteiger partial charge in [-0.25, -0.2) is 13.2 Å². The van der Waals surface area contributed by atoms with E-state index < -0.39 is 15.8 Å². The Hall–Kier alpha value is -2.55. The van der Waals surface area contributed by atoms with E-state index in [1.54, 1.807) is 13.1 Å². The van der Waals surface area contributed by atoms with Gasteiger partial charge in [-0.3, -0.25) is 4.68 Å². The first-order valence-electron chi connectivity index (χ1n) is 6.42. The number of carboxylic acid groups (broad SMARTS) is 1. The molecule has 1 heterocycles. The second kappa shape index (κ2) is 5.92. The first-order valence-corrected chi connectivity index (χ1v) is 8.32. The number of carboxylic acids is 1. The van der Waals surface area contributed by atoms with Gasteiger partial charge in [-0.1, -0.05) is 0 Å². The Morgan fingerprint density at radius 2 is 1.87 bits per heavy atom. The van der Waals surface area contributed by atoms with E-state index in [1.165, 1.54) is 31.0 Å². The zero-order valence-electron chi connectivity index (χ0n) is 13.0. The lowest BCUT2D eigenvalue weighted by Crippen LogP contribution is -2.04. The van der Waals surface area contributed by atoms with Crippen molar-refractivity contribution in [3.05, 3.63) is 23.9 Å². The fraction of sp³-hybridized carbons (Fsp3) is 0.286. The first-order chi connectivity index (χ1) is 10.7. The molecule has 23 heavy (non-hydrogen) atoms. The number of methoxy groups -OCH3 is 2. The Morgan fingerprint density at radius 3 is 2.30 bits per heavy atom. The maximum atomic E-state index is 12.0. The molecular weight excluding hydrogens is 324 g/mol. The first kappa shape index (κ1) is 16.8. The van der Waals surface area contributed by atoms with Crippen LogP contribution >= 0.6 is 0 Å². The third-order valence-corrected chi connectivity index (χ3v) is 4.34. The molecule has 124 valence electrons. The molecule has 0 aliphatic rings. The number of sulfone groups is 1. The van der Waals surface area contributed by atoms with E-state index >= 15 is 0 Å². The van der Waals surface area contributed by atoms with Crippen molar-refractivity contribution in [3.8, 4) is 22.8 Å². The van der Waals surface area contributed by atoms with Gasteiger partial charge in [-0.2, -0.15) is 5.10 Å². The zero-order chi connectivity index (χ0) is 17.4. The van der Waals surface area contributed by atoms with Crippen LogP contribution in [0, 0.1) is 0 Å². The molecule has 0 bridgehead atoms. The maximum absolute atomic E-state index is 12.0. The maximum Gasteiger partial charge on any atom is 0.356 e. The standard InChI is InChI=1S/C14H16N2O6S/c1-16-11(7-10(15-16)14(17)18)9-5-8(21-2)6-12(13(9)22-3)23(4,19)20/h5-7H,1-4H3,(H,17,18). The van der Waals surface area contributed by atoms with Crippen LogP contribution in [-0.4, -0.2) is 49.7 Å². The molecule has 8 nitrogen and oxygen atoms in total. The number of carbonyl (C=O) groups is 1. The SMILES string of the molecule is COc1cc(-c2cc(C(=O)O)nn2C)c(OC)c(S(C)(=O)=O)c1. The summed E-state index contributed by atoms with van der Waals surface area (Å²) in [5, 5.41) is 12.9. The molecule has 0 fully saturated rings. The summed E-state index contributed by atoms with van der Waals surface area (Å²) in [6.07, 6.45) is 1.06. The molecule has 0 aliphatic heterocycles. The van der Waals surface area contributed by atoms with Gasteiger partial charge in [0.15, 0.2) is 15.5 Å². The van der Waals surface area contributed by atoms with Crippen LogP contribution in [0.25, 0.3) is 11.3 Å². The van der Waals surface area contributed by atoms with Gasteiger partial charge in [0, 0.05) is 24.9 Å². The van der Waals surface area contributed by atoms with Gasteiger partial charge in [0.1, 0.15) is 16.4 Å². The number of hydrogen-bond donors (Lipinski definition) is 1. The number of aromatic nitrogens is 2. The zero-order valence-corrected chi connectivity index (χ0v) is 13.8. The molecule has 0 radical (unpaired) electrons. The third-order valence-electron chi connectivity index (χ3n) is 3.24. The van der Waals surface area contributed by atoms with E-state index in [9.17, 15) is 13.2 Å². The summed E-state index contributed by atoms with van der Waals surface area (Å²) in [5.41, 5.74) is 0.603. The minimum absolute atomic E-state index is 0.0487. The largest absolute Gasteiger partial charge is 0.497 e. The Labute approximate surface area is 133 Å². The summed E-state index contributed by atoms with van der Waals surface area (Å²) in [4.78, 5) is 11.0. The van der Waals surface area contributed by atoms with Crippen molar-refractivity contribution in [1.82, 2.24) is 9.78 Å². The molecule has 9 heteroatoms. The van der Waals surface area contributed by atoms with Gasteiger partial charge in [-0.15, -0.1) is 0 Å². The van der Waals surface area contributed by atoms with Crippen LogP contribution in [0.1, 0.15) is 10.5 Å². The summed E-state index contributed by atoms with van der Waals surface area (Å²) >= 11 is 0. The fourth-order valence-electron chi connectivity index (χ4n) is 2.19. The summed E-state index contributed by atoms with van der Waals surface area (Å²) < 4.78 is 35.8. The Bertz CT molecular complexity index is 870. The highest BCUT2D eigenvalue weighted by Gasteiger charge is 2.23. The molecule has 0 saturated carbocycles. The molecule has 0 saturated heterocycles. The number of rotatable bonds is 5. The minimum atomic E-state index is -3.58. The Balaban J connectivity index is 2.83. The fourth-order valence-corrected chi connectivity index (χ4v) is 3.06. The predicted molar refractivity (Wildman–Crippen MR) is 81.8 cm³/mol. The van der Waals surface area contributed by atoms with Gasteiger partial charge in [-0.05, 0) is 12.1 Å². The molecule has 0 atom stereocenters. The van der Waals surface area contributed by atoms with Gasteiger partial charge >= 0.3 is 5.97 Å². The normalized spacial score (nSPS) is 11.3. The van der Waals surface area contributed by atoms with Crippen molar-refractivity contribution in [1.29, 1.82) is 0 Å². The van der Waals surface area contributed by atoms with Gasteiger partial charge in [0.2, 0.25) is 0 Å². The molecule has 2 rings (SSSR count). The van der Waals surface area contributed by atoms with Crippen LogP contribution in [0.2, 0.25) is 0 Å². The van der Waals surface area contributed by atoms with Gasteiger partial charge in [0.05, 0.1) is 19.9 Å². The van der Waals surface area contributed by atoms with Crippen LogP contribution in [0.15, 0.2) is 23.1 Å². The van der Waals surface area contributed by atoms with E-state index in [1.807, 2.05) is 0 Å². The second-order valence-corrected chi connectivity index (χ2v) is 6.81. The summed E-state index contributed by atoms with van der Waals surface area (Å²) in [6, 6.07) is 4.26. The summed E-state index contributed by atoms with van der Waals surface area (Å²) in [7, 11) is 0.722. The van der Waals surface area contributed by atoms with E-state index in [2.05, 4.69) is 5.10 Å². The lowest BCUT2D eigenvalue weighted by Gasteiger charge is -2.14. The molecule has 2 aromatic rings. The van der Waals surface area contributed by atoms with Gasteiger partial charge in [0.25, 0.3) is 0 Å². The highest BCUT2D eigenvalue weighted by molar-refractivity contribution is 7.90. The molecule has 0 amide bonds. The molecule has 0 aliphatic carbocycles. The Morgan fingerprint density at radius 1 is 1.22 bits per heavy atom. The molecule has 1 N–H and O–H groups in total. The van der Waals surface area contributed by atoms with Crippen LogP contribution in [-0.2, 0) is 16.9 Å². The highest BCUT2D eigenvalue weighted by atomic mass is 32.2. The predicted octanol–water partition coefficient (Wildman–Crippen LogP) is 1.21. The van der Waals surface area contributed by atoms with E-state index in [-0.39, 0.29) is 16.3 Å². The number of ether oxygens (including phenoxy) is 2. The molecule has 1 aromatic carbocycles. The van der Waals surface area contributed by atoms with Crippen molar-refractivity contribution in [2.24, 2.45) is 7.05 Å². The lowest BCUT2D eigenvalue weighted by atomic mass is 10.1. The highest BCUT2D eigenvalue weighted by Crippen LogP contribution is 2.39. The average Bonchev–Trinajstić information content (AvgIpc) is 2.87. The van der Waals surface area contributed by atoms with Crippen LogP contribution in [0.5, 0.6) is 11.5 Å². The number of aryl methyl sites for hydroxylation is 1. The smallest absolute Gasteiger partial charge is 0.356 e. The number of nitrogens with zero attached hydrogens (tertiary/aromatic N) is 2. The molecule has 0 spiro atoms. The van der Waals surface area contributed by atoms with Crippen molar-refractivity contribution in [3.63, 3.8) is 0 Å². The minimum Gasteiger partial charge on any atom is -0.497 e. The lowest BCUT2D eigenvalue weighted by molar-refractivity contribution is 0.0689.